The lowest BCUT2D eigenvalue weighted by atomic mass is 10.1. The van der Waals surface area contributed by atoms with Crippen LogP contribution in [0.2, 0.25) is 0 Å². The molecule has 5 aliphatic carbocycles. The van der Waals surface area contributed by atoms with E-state index in [1.54, 1.807) is 14.7 Å². The third kappa shape index (κ3) is 3.79. The van der Waals surface area contributed by atoms with Gasteiger partial charge in [-0.15, -0.1) is 11.3 Å². The van der Waals surface area contributed by atoms with E-state index in [9.17, 15) is 0 Å². The Labute approximate surface area is 266 Å². The zero-order valence-electron chi connectivity index (χ0n) is 24.7. The summed E-state index contributed by atoms with van der Waals surface area (Å²) in [7, 11) is -1.42. The van der Waals surface area contributed by atoms with Gasteiger partial charge in [-0.05, 0) is 87.4 Å². The van der Waals surface area contributed by atoms with Crippen molar-refractivity contribution in [2.24, 2.45) is 23.7 Å². The van der Waals surface area contributed by atoms with Gasteiger partial charge in [-0.1, -0.05) is 110 Å². The predicted molar refractivity (Wildman–Crippen MR) is 190 cm³/mol. The molecule has 1 nitrogen and oxygen atoms in total. The van der Waals surface area contributed by atoms with Crippen LogP contribution in [0.5, 0.6) is 0 Å². The highest BCUT2D eigenvalue weighted by molar-refractivity contribution is 8.38. The average molecular weight is 606 g/mol. The molecule has 6 aliphatic rings. The molecule has 1 aromatic heterocycles. The summed E-state index contributed by atoms with van der Waals surface area (Å²) in [5.74, 6) is 2.66. The van der Waals surface area contributed by atoms with Gasteiger partial charge in [-0.25, -0.2) is 0 Å². The van der Waals surface area contributed by atoms with Gasteiger partial charge in [0.15, 0.2) is 0 Å². The minimum atomic E-state index is -1.42. The van der Waals surface area contributed by atoms with Crippen molar-refractivity contribution in [1.82, 2.24) is 0 Å². The number of rotatable bonds is 7. The summed E-state index contributed by atoms with van der Waals surface area (Å²) in [6.07, 6.45) is 29.6. The van der Waals surface area contributed by atoms with Crippen LogP contribution >= 0.6 is 21.4 Å². The molecule has 2 saturated carbocycles. The number of benzene rings is 2. The second-order valence-corrected chi connectivity index (χ2v) is 16.8. The van der Waals surface area contributed by atoms with Gasteiger partial charge in [0.1, 0.15) is 5.00 Å². The smallest absolute Gasteiger partial charge is 0.101 e. The molecule has 3 heteroatoms. The lowest BCUT2D eigenvalue weighted by molar-refractivity contribution is 0.965. The van der Waals surface area contributed by atoms with E-state index >= 15 is 0 Å². The largest absolute Gasteiger partial charge is 0.305 e. The Kier molecular flexibility index (Phi) is 5.98. The van der Waals surface area contributed by atoms with Crippen LogP contribution in [0.1, 0.15) is 23.3 Å². The Morgan fingerprint density at radius 1 is 0.864 bits per heavy atom. The average Bonchev–Trinajstić information content (AvgIpc) is 3.96. The predicted octanol–water partition coefficient (Wildman–Crippen LogP) is 11.4. The Morgan fingerprint density at radius 2 is 1.70 bits per heavy atom. The molecule has 2 aromatic carbocycles. The fourth-order valence-electron chi connectivity index (χ4n) is 8.01. The molecule has 216 valence electrons. The van der Waals surface area contributed by atoms with E-state index in [1.165, 1.54) is 33.3 Å². The Balaban J connectivity index is 1.29. The fourth-order valence-corrected chi connectivity index (χ4v) is 15.4. The van der Waals surface area contributed by atoms with Crippen molar-refractivity contribution in [3.05, 3.63) is 167 Å². The van der Waals surface area contributed by atoms with Gasteiger partial charge in [0, 0.05) is 38.4 Å². The maximum absolute atomic E-state index is 4.08. The zero-order chi connectivity index (χ0) is 29.4. The van der Waals surface area contributed by atoms with Gasteiger partial charge in [0.2, 0.25) is 0 Å². The molecule has 9 rings (SSSR count). The van der Waals surface area contributed by atoms with Gasteiger partial charge in [0.25, 0.3) is 0 Å². The minimum Gasteiger partial charge on any atom is -0.305 e. The van der Waals surface area contributed by atoms with Crippen molar-refractivity contribution < 1.29 is 0 Å². The summed E-state index contributed by atoms with van der Waals surface area (Å²) in [4.78, 5) is 8.95. The van der Waals surface area contributed by atoms with Gasteiger partial charge < -0.3 is 4.90 Å². The molecular formula is C41H35NS2. The number of allylic oxidation sites excluding steroid dienone is 14. The molecule has 0 amide bonds. The highest BCUT2D eigenvalue weighted by Gasteiger charge is 2.65. The number of nitrogens with zero attached hydrogens (tertiary/aromatic N) is 1. The first-order valence-electron chi connectivity index (χ1n) is 15.7. The van der Waals surface area contributed by atoms with E-state index in [0.717, 1.165) is 23.5 Å². The standard InChI is InChI=1S/C41H35NS2/c1-3-27-12-10-14-30(22-20-27)42(31-15-11-13-28(4-2)24-31)38-26-37-39(43-38)35-23-21-29-25-36(29)41(35)44(37,32-16-6-5-7-17-32)40-33-18-8-9-19-34(33)40/h3-13,15-24,26,29,33-34,36,40H,1-2,14,25H2. The van der Waals surface area contributed by atoms with Crippen LogP contribution in [0, 0.1) is 23.7 Å². The van der Waals surface area contributed by atoms with Crippen LogP contribution in [0.4, 0.5) is 10.7 Å². The quantitative estimate of drug-likeness (QED) is 0.259. The number of hydrogen-bond acceptors (Lipinski definition) is 2. The molecule has 3 aromatic rings. The highest BCUT2D eigenvalue weighted by Crippen LogP contribution is 2.88. The van der Waals surface area contributed by atoms with Crippen molar-refractivity contribution in [1.29, 1.82) is 0 Å². The molecular weight excluding hydrogens is 571 g/mol. The lowest BCUT2D eigenvalue weighted by Crippen LogP contribution is -2.16. The van der Waals surface area contributed by atoms with Crippen LogP contribution in [0.15, 0.2) is 167 Å². The summed E-state index contributed by atoms with van der Waals surface area (Å²) in [5, 5.41) is 1.92. The second-order valence-electron chi connectivity index (χ2n) is 12.6. The van der Waals surface area contributed by atoms with E-state index in [1.807, 2.05) is 23.5 Å². The molecule has 0 spiro atoms. The topological polar surface area (TPSA) is 3.24 Å². The highest BCUT2D eigenvalue weighted by atomic mass is 32.3. The SMILES string of the molecule is C=CC1=CC=C(N(c2cccc(C=C)c2)c2cc3c(s2)C2=C(C4CC4C=C2)S3(c2ccccc2)C2C3C=CC=CC32)CC=C1. The number of hydrogen-bond donors (Lipinski definition) is 0. The summed E-state index contributed by atoms with van der Waals surface area (Å²) >= 11 is 2.00. The van der Waals surface area contributed by atoms with E-state index in [2.05, 4.69) is 139 Å². The molecule has 0 bridgehead atoms. The van der Waals surface area contributed by atoms with Gasteiger partial charge in [-0.2, -0.15) is 10.0 Å². The van der Waals surface area contributed by atoms with Crippen molar-refractivity contribution in [2.45, 2.75) is 27.9 Å². The van der Waals surface area contributed by atoms with Gasteiger partial charge >= 0.3 is 0 Å². The van der Waals surface area contributed by atoms with Crippen LogP contribution in [0.3, 0.4) is 0 Å². The van der Waals surface area contributed by atoms with E-state index in [0.29, 0.717) is 23.0 Å². The summed E-state index contributed by atoms with van der Waals surface area (Å²) in [6.45, 7) is 8.10. The van der Waals surface area contributed by atoms with Gasteiger partial charge in [-0.3, -0.25) is 0 Å². The first-order chi connectivity index (χ1) is 21.7. The summed E-state index contributed by atoms with van der Waals surface area (Å²) in [6, 6.07) is 23.0. The van der Waals surface area contributed by atoms with Crippen LogP contribution < -0.4 is 4.90 Å². The van der Waals surface area contributed by atoms with Crippen molar-refractivity contribution in [2.75, 3.05) is 4.90 Å². The molecule has 5 unspecified atom stereocenters. The summed E-state index contributed by atoms with van der Waals surface area (Å²) < 4.78 is 0. The first-order valence-corrected chi connectivity index (χ1v) is 18.2. The normalized spacial score (nSPS) is 31.4. The molecule has 0 N–H and O–H groups in total. The van der Waals surface area contributed by atoms with Crippen molar-refractivity contribution in [3.63, 3.8) is 0 Å². The van der Waals surface area contributed by atoms with Crippen LogP contribution in [-0.2, 0) is 0 Å². The Morgan fingerprint density at radius 3 is 2.50 bits per heavy atom. The maximum atomic E-state index is 4.08. The Hall–Kier alpha value is -4.05. The van der Waals surface area contributed by atoms with Crippen molar-refractivity contribution in [3.8, 4) is 0 Å². The minimum absolute atomic E-state index is 0.622. The van der Waals surface area contributed by atoms with E-state index in [4.69, 9.17) is 0 Å². The molecule has 5 atom stereocenters. The molecule has 1 aliphatic heterocycles. The third-order valence-corrected chi connectivity index (χ3v) is 16.1. The van der Waals surface area contributed by atoms with Gasteiger partial charge in [0.05, 0.1) is 0 Å². The van der Waals surface area contributed by atoms with Crippen LogP contribution in [0.25, 0.3) is 11.6 Å². The van der Waals surface area contributed by atoms with Crippen molar-refractivity contribution >= 4 is 43.7 Å². The van der Waals surface area contributed by atoms with Crippen LogP contribution in [-0.4, -0.2) is 5.25 Å². The fraction of sp³-hybridized carbons (Fsp3) is 0.171. The Bertz CT molecular complexity index is 1920. The zero-order valence-corrected chi connectivity index (χ0v) is 26.3. The summed E-state index contributed by atoms with van der Waals surface area (Å²) in [5.41, 5.74) is 6.25. The van der Waals surface area contributed by atoms with E-state index in [-0.39, 0.29) is 0 Å². The molecule has 0 radical (unpaired) electrons. The van der Waals surface area contributed by atoms with E-state index < -0.39 is 10.0 Å². The lowest BCUT2D eigenvalue weighted by Gasteiger charge is -2.42. The first kappa shape index (κ1) is 26.4. The number of thiophene rings is 1. The molecule has 44 heavy (non-hydrogen) atoms. The molecule has 0 saturated heterocycles. The monoisotopic (exact) mass is 605 g/mol. The third-order valence-electron chi connectivity index (χ3n) is 10.2. The second kappa shape index (κ2) is 9.99. The number of fused-ring (bicyclic) bond motifs is 5. The maximum Gasteiger partial charge on any atom is 0.101 e. The molecule has 2 fully saturated rings. The number of anilines is 2. The molecule has 2 heterocycles.